The largest absolute Gasteiger partial charge is 0.395 e. The molecule has 0 saturated heterocycles. The first-order valence-electron chi connectivity index (χ1n) is 6.48. The third-order valence-electron chi connectivity index (χ3n) is 2.69. The average Bonchev–Trinajstić information content (AvgIpc) is 2.33. The summed E-state index contributed by atoms with van der Waals surface area (Å²) in [6.07, 6.45) is 2.23. The van der Waals surface area contributed by atoms with Gasteiger partial charge in [-0.3, -0.25) is 0 Å². The predicted molar refractivity (Wildman–Crippen MR) is 78.0 cm³/mol. The molecule has 0 saturated carbocycles. The third-order valence-corrected chi connectivity index (χ3v) is 3.10. The van der Waals surface area contributed by atoms with Gasteiger partial charge in [0.05, 0.1) is 6.61 Å². The summed E-state index contributed by atoms with van der Waals surface area (Å²) < 4.78 is 0.802. The van der Waals surface area contributed by atoms with E-state index in [4.69, 9.17) is 5.11 Å². The number of hydrogen-bond donors (Lipinski definition) is 1. The molecule has 0 fully saturated rings. The Morgan fingerprint density at radius 2 is 2.06 bits per heavy atom. The molecule has 1 aromatic rings. The van der Waals surface area contributed by atoms with Crippen molar-refractivity contribution in [1.29, 1.82) is 0 Å². The summed E-state index contributed by atoms with van der Waals surface area (Å²) in [5.41, 5.74) is 0. The van der Waals surface area contributed by atoms with E-state index in [1.54, 1.807) is 0 Å². The number of aliphatic hydroxyl groups is 1. The summed E-state index contributed by atoms with van der Waals surface area (Å²) >= 11 is 3.43. The lowest BCUT2D eigenvalue weighted by atomic mass is 10.2. The highest BCUT2D eigenvalue weighted by atomic mass is 79.9. The highest BCUT2D eigenvalue weighted by Gasteiger charge is 2.12. The average molecular weight is 316 g/mol. The fourth-order valence-electron chi connectivity index (χ4n) is 1.65. The summed E-state index contributed by atoms with van der Waals surface area (Å²) in [4.78, 5) is 11.1. The van der Waals surface area contributed by atoms with E-state index < -0.39 is 0 Å². The van der Waals surface area contributed by atoms with Crippen molar-refractivity contribution in [2.45, 2.75) is 39.5 Å². The third kappa shape index (κ3) is 4.53. The molecule has 0 bridgehead atoms. The van der Waals surface area contributed by atoms with Crippen LogP contribution in [0.2, 0.25) is 0 Å². The van der Waals surface area contributed by atoms with Crippen molar-refractivity contribution in [3.8, 4) is 0 Å². The number of halogens is 1. The Bertz CT molecular complexity index is 371. The summed E-state index contributed by atoms with van der Waals surface area (Å²) in [5, 5.41) is 9.15. The van der Waals surface area contributed by atoms with Gasteiger partial charge in [0.2, 0.25) is 0 Å². The van der Waals surface area contributed by atoms with E-state index in [-0.39, 0.29) is 6.61 Å². The molecule has 18 heavy (non-hydrogen) atoms. The minimum absolute atomic E-state index is 0.141. The number of anilines is 1. The van der Waals surface area contributed by atoms with E-state index in [2.05, 4.69) is 51.6 Å². The minimum Gasteiger partial charge on any atom is -0.395 e. The monoisotopic (exact) mass is 315 g/mol. The maximum atomic E-state index is 9.15. The Labute approximate surface area is 118 Å². The van der Waals surface area contributed by atoms with Crippen molar-refractivity contribution in [1.82, 2.24) is 9.97 Å². The lowest BCUT2D eigenvalue weighted by molar-refractivity contribution is 0.301. The molecular weight excluding hydrogens is 294 g/mol. The highest BCUT2D eigenvalue weighted by Crippen LogP contribution is 2.20. The van der Waals surface area contributed by atoms with Crippen molar-refractivity contribution < 1.29 is 5.11 Å². The van der Waals surface area contributed by atoms with Crippen LogP contribution in [0, 0.1) is 0 Å². The summed E-state index contributed by atoms with van der Waals surface area (Å²) in [5.74, 6) is 2.02. The molecule has 4 nitrogen and oxygen atoms in total. The van der Waals surface area contributed by atoms with Crippen molar-refractivity contribution in [3.63, 3.8) is 0 Å². The summed E-state index contributed by atoms with van der Waals surface area (Å²) in [6, 6.07) is 1.91. The van der Waals surface area contributed by atoms with Crippen LogP contribution in [0.1, 0.15) is 45.4 Å². The predicted octanol–water partition coefficient (Wildman–Crippen LogP) is 2.96. The molecule has 102 valence electrons. The van der Waals surface area contributed by atoms with Crippen LogP contribution in [0.25, 0.3) is 0 Å². The van der Waals surface area contributed by atoms with E-state index in [1.165, 1.54) is 0 Å². The zero-order chi connectivity index (χ0) is 13.5. The fourth-order valence-corrected chi connectivity index (χ4v) is 2.04. The number of nitrogens with zero attached hydrogens (tertiary/aromatic N) is 3. The molecule has 1 aromatic heterocycles. The van der Waals surface area contributed by atoms with Gasteiger partial charge in [-0.15, -0.1) is 0 Å². The van der Waals surface area contributed by atoms with Crippen LogP contribution >= 0.6 is 15.9 Å². The second-order valence-electron chi connectivity index (χ2n) is 4.63. The van der Waals surface area contributed by atoms with Gasteiger partial charge in [0.15, 0.2) is 0 Å². The zero-order valence-electron chi connectivity index (χ0n) is 11.4. The molecule has 1 rings (SSSR count). The molecule has 0 aliphatic rings. The van der Waals surface area contributed by atoms with E-state index >= 15 is 0 Å². The highest BCUT2D eigenvalue weighted by molar-refractivity contribution is 9.10. The van der Waals surface area contributed by atoms with Gasteiger partial charge in [-0.2, -0.15) is 0 Å². The molecule has 0 spiro atoms. The Morgan fingerprint density at radius 3 is 2.61 bits per heavy atom. The minimum atomic E-state index is 0.141. The first-order valence-corrected chi connectivity index (χ1v) is 7.28. The molecule has 0 aliphatic heterocycles. The molecule has 1 heterocycles. The van der Waals surface area contributed by atoms with Crippen molar-refractivity contribution >= 4 is 21.7 Å². The van der Waals surface area contributed by atoms with Gasteiger partial charge in [0, 0.05) is 25.1 Å². The zero-order valence-corrected chi connectivity index (χ0v) is 12.9. The maximum Gasteiger partial charge on any atom is 0.134 e. The van der Waals surface area contributed by atoms with Gasteiger partial charge >= 0.3 is 0 Å². The molecule has 0 unspecified atom stereocenters. The number of aromatic nitrogens is 2. The topological polar surface area (TPSA) is 49.2 Å². The first kappa shape index (κ1) is 15.4. The van der Waals surface area contributed by atoms with Crippen molar-refractivity contribution in [2.24, 2.45) is 0 Å². The Hall–Kier alpha value is -0.680. The van der Waals surface area contributed by atoms with Crippen LogP contribution in [-0.2, 0) is 0 Å². The molecule has 0 amide bonds. The van der Waals surface area contributed by atoms with Crippen molar-refractivity contribution in [3.05, 3.63) is 16.5 Å². The van der Waals surface area contributed by atoms with Gasteiger partial charge in [0.1, 0.15) is 16.2 Å². The fraction of sp³-hybridized carbons (Fsp3) is 0.692. The lowest BCUT2D eigenvalue weighted by Gasteiger charge is -2.23. The van der Waals surface area contributed by atoms with Crippen LogP contribution in [0.4, 0.5) is 5.82 Å². The van der Waals surface area contributed by atoms with E-state index in [0.29, 0.717) is 12.5 Å². The SMILES string of the molecule is CCCCN(CCO)c1cc(Br)nc(C(C)C)n1. The first-order chi connectivity index (χ1) is 8.58. The molecule has 0 radical (unpaired) electrons. The molecule has 1 N–H and O–H groups in total. The molecule has 0 atom stereocenters. The molecule has 0 aliphatic carbocycles. The van der Waals surface area contributed by atoms with Gasteiger partial charge in [-0.05, 0) is 22.4 Å². The van der Waals surface area contributed by atoms with Gasteiger partial charge in [0.25, 0.3) is 0 Å². The summed E-state index contributed by atoms with van der Waals surface area (Å²) in [7, 11) is 0. The number of aliphatic hydroxyl groups excluding tert-OH is 1. The van der Waals surface area contributed by atoms with E-state index in [0.717, 1.165) is 35.6 Å². The smallest absolute Gasteiger partial charge is 0.134 e. The second-order valence-corrected chi connectivity index (χ2v) is 5.44. The Balaban J connectivity index is 2.95. The van der Waals surface area contributed by atoms with Crippen LogP contribution in [0.3, 0.4) is 0 Å². The van der Waals surface area contributed by atoms with Crippen LogP contribution in [-0.4, -0.2) is 34.8 Å². The number of rotatable bonds is 7. The van der Waals surface area contributed by atoms with Crippen LogP contribution in [0.15, 0.2) is 10.7 Å². The van der Waals surface area contributed by atoms with Crippen molar-refractivity contribution in [2.75, 3.05) is 24.6 Å². The van der Waals surface area contributed by atoms with E-state index in [9.17, 15) is 0 Å². The Morgan fingerprint density at radius 1 is 1.33 bits per heavy atom. The summed E-state index contributed by atoms with van der Waals surface area (Å²) in [6.45, 7) is 7.98. The molecular formula is C13H22BrN3O. The van der Waals surface area contributed by atoms with Gasteiger partial charge < -0.3 is 10.0 Å². The standard InChI is InChI=1S/C13H22BrN3O/c1-4-5-6-17(7-8-18)12-9-11(14)15-13(16-12)10(2)3/h9-10,18H,4-8H2,1-3H3. The number of unbranched alkanes of at least 4 members (excludes halogenated alkanes) is 1. The number of hydrogen-bond acceptors (Lipinski definition) is 4. The molecule has 0 aromatic carbocycles. The van der Waals surface area contributed by atoms with Crippen LogP contribution in [0.5, 0.6) is 0 Å². The van der Waals surface area contributed by atoms with Gasteiger partial charge in [-0.1, -0.05) is 27.2 Å². The maximum absolute atomic E-state index is 9.15. The second kappa shape index (κ2) is 7.69. The Kier molecular flexibility index (Phi) is 6.57. The molecule has 5 heteroatoms. The van der Waals surface area contributed by atoms with Gasteiger partial charge in [-0.25, -0.2) is 9.97 Å². The van der Waals surface area contributed by atoms with E-state index in [1.807, 2.05) is 6.07 Å². The quantitative estimate of drug-likeness (QED) is 0.786. The van der Waals surface area contributed by atoms with Crippen LogP contribution < -0.4 is 4.90 Å². The normalized spacial score (nSPS) is 11.0. The lowest BCUT2D eigenvalue weighted by Crippen LogP contribution is -2.29.